The van der Waals surface area contributed by atoms with E-state index in [0.717, 1.165) is 0 Å². The summed E-state index contributed by atoms with van der Waals surface area (Å²) in [5.41, 5.74) is 7.63. The summed E-state index contributed by atoms with van der Waals surface area (Å²) in [6.07, 6.45) is 3.57. The molecule has 1 aromatic heterocycles. The lowest BCUT2D eigenvalue weighted by Gasteiger charge is -2.09. The number of rotatable bonds is 5. The van der Waals surface area contributed by atoms with Gasteiger partial charge in [0.1, 0.15) is 5.75 Å². The van der Waals surface area contributed by atoms with Crippen molar-refractivity contribution in [2.45, 2.75) is 6.92 Å². The van der Waals surface area contributed by atoms with Gasteiger partial charge in [-0.2, -0.15) is 4.98 Å². The van der Waals surface area contributed by atoms with Crippen LogP contribution in [0.3, 0.4) is 0 Å². The van der Waals surface area contributed by atoms with Crippen LogP contribution in [0.2, 0.25) is 0 Å². The average molecular weight is 349 g/mol. The van der Waals surface area contributed by atoms with Crippen LogP contribution >= 0.6 is 0 Å². The molecule has 26 heavy (non-hydrogen) atoms. The fourth-order valence-corrected chi connectivity index (χ4v) is 2.50. The number of aromatic nitrogens is 1. The Balaban J connectivity index is 1.86. The van der Waals surface area contributed by atoms with Crippen molar-refractivity contribution in [2.75, 3.05) is 18.2 Å². The number of oxazole rings is 1. The number of ether oxygens (including phenoxy) is 1. The van der Waals surface area contributed by atoms with Gasteiger partial charge >= 0.3 is 0 Å². The fourth-order valence-electron chi connectivity index (χ4n) is 2.50. The maximum atomic E-state index is 12.5. The van der Waals surface area contributed by atoms with Gasteiger partial charge in [0.05, 0.1) is 12.7 Å². The van der Waals surface area contributed by atoms with Gasteiger partial charge in [-0.15, -0.1) is 0 Å². The van der Waals surface area contributed by atoms with Crippen LogP contribution in [0.4, 0.5) is 11.5 Å². The number of nitrogens with one attached hydrogen (secondary N) is 1. The molecule has 0 aliphatic heterocycles. The first-order chi connectivity index (χ1) is 12.6. The Hall–Kier alpha value is -3.54. The average Bonchev–Trinajstić information content (AvgIpc) is 3.03. The number of nitrogens with two attached hydrogens (primary N) is 1. The second-order valence-electron chi connectivity index (χ2n) is 5.50. The topological polar surface area (TPSA) is 90.4 Å². The molecule has 6 heteroatoms. The third-order valence-corrected chi connectivity index (χ3v) is 3.72. The summed E-state index contributed by atoms with van der Waals surface area (Å²) in [4.78, 5) is 16.8. The summed E-state index contributed by atoms with van der Waals surface area (Å²) in [6.45, 7) is 1.87. The number of methoxy groups -OCH3 is 1. The van der Waals surface area contributed by atoms with Gasteiger partial charge in [0.2, 0.25) is 5.89 Å². The Labute approximate surface area is 151 Å². The smallest absolute Gasteiger partial charge is 0.259 e. The molecule has 2 aromatic carbocycles. The van der Waals surface area contributed by atoms with E-state index in [1.807, 2.05) is 31.2 Å². The third kappa shape index (κ3) is 3.59. The van der Waals surface area contributed by atoms with Crippen molar-refractivity contribution in [2.24, 2.45) is 0 Å². The van der Waals surface area contributed by atoms with Crippen molar-refractivity contribution in [1.82, 2.24) is 4.98 Å². The predicted molar refractivity (Wildman–Crippen MR) is 102 cm³/mol. The quantitative estimate of drug-likeness (QED) is 0.720. The lowest BCUT2D eigenvalue weighted by atomic mass is 10.1. The summed E-state index contributed by atoms with van der Waals surface area (Å²) in [7, 11) is 1.53. The first-order valence-electron chi connectivity index (χ1n) is 8.06. The molecule has 0 fully saturated rings. The van der Waals surface area contributed by atoms with Crippen LogP contribution in [0.15, 0.2) is 59.0 Å². The van der Waals surface area contributed by atoms with Crippen LogP contribution in [0.5, 0.6) is 5.75 Å². The summed E-state index contributed by atoms with van der Waals surface area (Å²) >= 11 is 0. The number of benzene rings is 2. The number of carbonyl (C=O) groups is 1. The molecule has 0 spiro atoms. The molecule has 1 amide bonds. The SMILES string of the molecule is C/C=C\c1oc(-c2cccc(NC(=O)c3ccccc3OC)c2)nc1N. The van der Waals surface area contributed by atoms with E-state index < -0.39 is 0 Å². The Morgan fingerprint density at radius 2 is 2.04 bits per heavy atom. The second kappa shape index (κ2) is 7.57. The highest BCUT2D eigenvalue weighted by molar-refractivity contribution is 6.06. The second-order valence-corrected chi connectivity index (χ2v) is 5.50. The van der Waals surface area contributed by atoms with Crippen LogP contribution in [-0.4, -0.2) is 18.0 Å². The van der Waals surface area contributed by atoms with E-state index >= 15 is 0 Å². The Bertz CT molecular complexity index is 960. The van der Waals surface area contributed by atoms with Gasteiger partial charge in [0, 0.05) is 11.3 Å². The molecule has 1 heterocycles. The number of hydrogen-bond acceptors (Lipinski definition) is 5. The molecule has 0 unspecified atom stereocenters. The normalized spacial score (nSPS) is 10.8. The van der Waals surface area contributed by atoms with E-state index in [0.29, 0.717) is 40.0 Å². The lowest BCUT2D eigenvalue weighted by molar-refractivity contribution is 0.102. The Morgan fingerprint density at radius 3 is 2.81 bits per heavy atom. The molecule has 0 aliphatic carbocycles. The number of nitrogens with zero attached hydrogens (tertiary/aromatic N) is 1. The third-order valence-electron chi connectivity index (χ3n) is 3.72. The predicted octanol–water partition coefficient (Wildman–Crippen LogP) is 4.22. The van der Waals surface area contributed by atoms with E-state index in [2.05, 4.69) is 10.3 Å². The largest absolute Gasteiger partial charge is 0.496 e. The van der Waals surface area contributed by atoms with Crippen molar-refractivity contribution in [3.05, 3.63) is 65.9 Å². The van der Waals surface area contributed by atoms with Crippen molar-refractivity contribution < 1.29 is 13.9 Å². The van der Waals surface area contributed by atoms with Crippen molar-refractivity contribution >= 4 is 23.5 Å². The minimum atomic E-state index is -0.263. The molecule has 6 nitrogen and oxygen atoms in total. The maximum absolute atomic E-state index is 12.5. The Kier molecular flexibility index (Phi) is 5.03. The molecule has 3 aromatic rings. The zero-order valence-electron chi connectivity index (χ0n) is 14.5. The number of anilines is 2. The summed E-state index contributed by atoms with van der Waals surface area (Å²) < 4.78 is 10.9. The van der Waals surface area contributed by atoms with Gasteiger partial charge in [-0.3, -0.25) is 4.79 Å². The zero-order valence-corrected chi connectivity index (χ0v) is 14.5. The van der Waals surface area contributed by atoms with E-state index in [-0.39, 0.29) is 5.91 Å². The first kappa shape index (κ1) is 17.3. The summed E-state index contributed by atoms with van der Waals surface area (Å²) in [6, 6.07) is 14.2. The molecule has 0 radical (unpaired) electrons. The number of carbonyl (C=O) groups excluding carboxylic acids is 1. The number of hydrogen-bond donors (Lipinski definition) is 2. The molecule has 3 N–H and O–H groups in total. The highest BCUT2D eigenvalue weighted by atomic mass is 16.5. The van der Waals surface area contributed by atoms with Gasteiger partial charge in [0.25, 0.3) is 5.91 Å². The molecule has 0 atom stereocenters. The van der Waals surface area contributed by atoms with E-state index in [1.54, 1.807) is 36.4 Å². The van der Waals surface area contributed by atoms with E-state index in [4.69, 9.17) is 14.9 Å². The molecule has 3 rings (SSSR count). The summed E-state index contributed by atoms with van der Waals surface area (Å²) in [5.74, 6) is 1.47. The fraction of sp³-hybridized carbons (Fsp3) is 0.100. The van der Waals surface area contributed by atoms with Crippen LogP contribution in [0.25, 0.3) is 17.5 Å². The van der Waals surface area contributed by atoms with Crippen LogP contribution < -0.4 is 15.8 Å². The number of allylic oxidation sites excluding steroid dienone is 1. The summed E-state index contributed by atoms with van der Waals surface area (Å²) in [5, 5.41) is 2.86. The molecule has 0 saturated heterocycles. The minimum Gasteiger partial charge on any atom is -0.496 e. The van der Waals surface area contributed by atoms with Crippen molar-refractivity contribution in [3.8, 4) is 17.2 Å². The first-order valence-corrected chi connectivity index (χ1v) is 8.06. The lowest BCUT2D eigenvalue weighted by Crippen LogP contribution is -2.13. The van der Waals surface area contributed by atoms with Crippen molar-refractivity contribution in [3.63, 3.8) is 0 Å². The van der Waals surface area contributed by atoms with Gasteiger partial charge in [0.15, 0.2) is 11.6 Å². The zero-order chi connectivity index (χ0) is 18.5. The van der Waals surface area contributed by atoms with E-state index in [9.17, 15) is 4.79 Å². The van der Waals surface area contributed by atoms with Crippen molar-refractivity contribution in [1.29, 1.82) is 0 Å². The Morgan fingerprint density at radius 1 is 1.23 bits per heavy atom. The van der Waals surface area contributed by atoms with Gasteiger partial charge in [-0.25, -0.2) is 0 Å². The maximum Gasteiger partial charge on any atom is 0.259 e. The van der Waals surface area contributed by atoms with Crippen LogP contribution in [0, 0.1) is 0 Å². The minimum absolute atomic E-state index is 0.263. The number of nitrogen functional groups attached to an aromatic ring is 1. The molecule has 0 aliphatic rings. The number of para-hydroxylation sites is 1. The highest BCUT2D eigenvalue weighted by Crippen LogP contribution is 2.27. The van der Waals surface area contributed by atoms with Gasteiger partial charge in [-0.1, -0.05) is 24.3 Å². The molecular formula is C20H19N3O3. The van der Waals surface area contributed by atoms with Gasteiger partial charge in [-0.05, 0) is 43.3 Å². The molecule has 132 valence electrons. The standard InChI is InChI=1S/C20H19N3O3/c1-3-7-17-18(21)23-20(26-17)13-8-6-9-14(12-13)22-19(24)15-10-4-5-11-16(15)25-2/h3-12H,21H2,1-2H3,(H,22,24)/b7-3-. The molecule has 0 bridgehead atoms. The van der Waals surface area contributed by atoms with Crippen LogP contribution in [-0.2, 0) is 0 Å². The molecule has 0 saturated carbocycles. The number of amides is 1. The highest BCUT2D eigenvalue weighted by Gasteiger charge is 2.14. The van der Waals surface area contributed by atoms with E-state index in [1.165, 1.54) is 7.11 Å². The van der Waals surface area contributed by atoms with Crippen LogP contribution in [0.1, 0.15) is 23.0 Å². The molecular weight excluding hydrogens is 330 g/mol. The van der Waals surface area contributed by atoms with Gasteiger partial charge < -0.3 is 20.2 Å². The monoisotopic (exact) mass is 349 g/mol.